The number of thiocarbonyl (C=S) groups is 1. The number of piperazine rings is 1. The van der Waals surface area contributed by atoms with Crippen molar-refractivity contribution in [1.82, 2.24) is 9.80 Å². The molecule has 0 aliphatic carbocycles. The van der Waals surface area contributed by atoms with Crippen LogP contribution in [0, 0.1) is 0 Å². The summed E-state index contributed by atoms with van der Waals surface area (Å²) in [4.78, 5) is 31.4. The molecule has 2 saturated heterocycles. The number of hydrogen-bond donors (Lipinski definition) is 1. The SMILES string of the molecule is C[NH+]1CCN(C(=O)CCN2C(=O)C(=Cc3cccs3)SC2=S)CC1. The lowest BCUT2D eigenvalue weighted by Gasteiger charge is -2.30. The molecule has 1 N–H and O–H groups in total. The molecule has 1 aromatic heterocycles. The monoisotopic (exact) mass is 382 g/mol. The summed E-state index contributed by atoms with van der Waals surface area (Å²) in [7, 11) is 2.14. The van der Waals surface area contributed by atoms with Gasteiger partial charge < -0.3 is 9.80 Å². The highest BCUT2D eigenvalue weighted by molar-refractivity contribution is 8.26. The highest BCUT2D eigenvalue weighted by Gasteiger charge is 2.32. The van der Waals surface area contributed by atoms with Crippen LogP contribution in [-0.4, -0.2) is 65.7 Å². The fraction of sp³-hybridized carbons (Fsp3) is 0.438. The molecule has 2 fully saturated rings. The maximum absolute atomic E-state index is 12.5. The molecule has 3 rings (SSSR count). The predicted octanol–water partition coefficient (Wildman–Crippen LogP) is 0.696. The van der Waals surface area contributed by atoms with E-state index < -0.39 is 0 Å². The van der Waals surface area contributed by atoms with Crippen LogP contribution in [0.4, 0.5) is 0 Å². The van der Waals surface area contributed by atoms with E-state index in [0.717, 1.165) is 31.1 Å². The molecule has 0 bridgehead atoms. The highest BCUT2D eigenvalue weighted by atomic mass is 32.2. The number of nitrogens with one attached hydrogen (secondary N) is 1. The standard InChI is InChI=1S/C16H19N3O2S3/c1-17-6-8-18(9-7-17)14(20)4-5-19-15(21)13(24-16(19)22)11-12-3-2-10-23-12/h2-3,10-11H,4-9H2,1H3/p+1. The van der Waals surface area contributed by atoms with Crippen molar-refractivity contribution in [2.45, 2.75) is 6.42 Å². The number of hydrogen-bond acceptors (Lipinski definition) is 5. The van der Waals surface area contributed by atoms with Gasteiger partial charge in [0.05, 0.1) is 38.1 Å². The summed E-state index contributed by atoms with van der Waals surface area (Å²) in [5.41, 5.74) is 0. The number of quaternary nitrogens is 1. The summed E-state index contributed by atoms with van der Waals surface area (Å²) in [6.45, 7) is 3.92. The molecule has 3 heterocycles. The van der Waals surface area contributed by atoms with Gasteiger partial charge in [0.25, 0.3) is 5.91 Å². The Balaban J connectivity index is 1.56. The second-order valence-corrected chi connectivity index (χ2v) is 8.59. The van der Waals surface area contributed by atoms with Gasteiger partial charge in [-0.2, -0.15) is 0 Å². The number of carbonyl (C=O) groups is 2. The molecule has 0 spiro atoms. The molecule has 0 saturated carbocycles. The van der Waals surface area contributed by atoms with Crippen LogP contribution in [0.1, 0.15) is 11.3 Å². The number of amides is 2. The van der Waals surface area contributed by atoms with Crippen LogP contribution in [0.15, 0.2) is 22.4 Å². The number of thioether (sulfide) groups is 1. The first-order valence-electron chi connectivity index (χ1n) is 7.92. The minimum atomic E-state index is -0.0889. The molecule has 0 atom stereocenters. The van der Waals surface area contributed by atoms with Gasteiger partial charge in [-0.25, -0.2) is 0 Å². The molecule has 5 nitrogen and oxygen atoms in total. The van der Waals surface area contributed by atoms with Crippen LogP contribution in [-0.2, 0) is 9.59 Å². The van der Waals surface area contributed by atoms with Gasteiger partial charge >= 0.3 is 0 Å². The zero-order valence-corrected chi connectivity index (χ0v) is 15.9. The number of nitrogens with zero attached hydrogens (tertiary/aromatic N) is 2. The van der Waals surface area contributed by atoms with E-state index in [4.69, 9.17) is 12.2 Å². The Morgan fingerprint density at radius 1 is 1.42 bits per heavy atom. The van der Waals surface area contributed by atoms with E-state index in [1.807, 2.05) is 28.5 Å². The summed E-state index contributed by atoms with van der Waals surface area (Å²) in [6.07, 6.45) is 2.20. The van der Waals surface area contributed by atoms with Gasteiger partial charge in [0.15, 0.2) is 0 Å². The molecule has 2 aliphatic rings. The van der Waals surface area contributed by atoms with E-state index in [1.165, 1.54) is 16.7 Å². The smallest absolute Gasteiger partial charge is 0.266 e. The first-order chi connectivity index (χ1) is 11.5. The van der Waals surface area contributed by atoms with Gasteiger partial charge in [0, 0.05) is 17.8 Å². The molecule has 0 aromatic carbocycles. The number of likely N-dealkylation sites (N-methyl/N-ethyl adjacent to an activating group) is 1. The van der Waals surface area contributed by atoms with E-state index in [0.29, 0.717) is 22.2 Å². The molecule has 2 amide bonds. The van der Waals surface area contributed by atoms with E-state index >= 15 is 0 Å². The van der Waals surface area contributed by atoms with Gasteiger partial charge in [0.1, 0.15) is 4.32 Å². The van der Waals surface area contributed by atoms with E-state index in [-0.39, 0.29) is 11.8 Å². The zero-order valence-electron chi connectivity index (χ0n) is 13.5. The summed E-state index contributed by atoms with van der Waals surface area (Å²) >= 11 is 8.22. The Kier molecular flexibility index (Phi) is 5.70. The topological polar surface area (TPSA) is 45.1 Å². The first-order valence-corrected chi connectivity index (χ1v) is 10.0. The van der Waals surface area contributed by atoms with Crippen LogP contribution >= 0.6 is 35.3 Å². The van der Waals surface area contributed by atoms with Crippen molar-refractivity contribution in [3.63, 3.8) is 0 Å². The lowest BCUT2D eigenvalue weighted by atomic mass is 10.2. The second-order valence-electron chi connectivity index (χ2n) is 5.94. The Morgan fingerprint density at radius 3 is 2.83 bits per heavy atom. The molecule has 0 unspecified atom stereocenters. The van der Waals surface area contributed by atoms with Crippen molar-refractivity contribution in [3.05, 3.63) is 27.3 Å². The summed E-state index contributed by atoms with van der Waals surface area (Å²) < 4.78 is 0.540. The molecule has 128 valence electrons. The lowest BCUT2D eigenvalue weighted by Crippen LogP contribution is -3.12. The average Bonchev–Trinajstić information content (AvgIpc) is 3.16. The maximum Gasteiger partial charge on any atom is 0.266 e. The third-order valence-electron chi connectivity index (χ3n) is 4.21. The van der Waals surface area contributed by atoms with Crippen molar-refractivity contribution in [2.24, 2.45) is 0 Å². The van der Waals surface area contributed by atoms with Gasteiger partial charge in [-0.05, 0) is 17.5 Å². The van der Waals surface area contributed by atoms with Gasteiger partial charge in [0.2, 0.25) is 5.91 Å². The van der Waals surface area contributed by atoms with Crippen molar-refractivity contribution in [3.8, 4) is 0 Å². The van der Waals surface area contributed by atoms with Crippen LogP contribution in [0.3, 0.4) is 0 Å². The highest BCUT2D eigenvalue weighted by Crippen LogP contribution is 2.33. The van der Waals surface area contributed by atoms with E-state index in [1.54, 1.807) is 16.2 Å². The molecule has 1 aromatic rings. The normalized spacial score (nSPS) is 21.1. The minimum Gasteiger partial charge on any atom is -0.334 e. The second kappa shape index (κ2) is 7.77. The quantitative estimate of drug-likeness (QED) is 0.615. The number of rotatable bonds is 4. The molecular formula is C16H20N3O2S3+. The summed E-state index contributed by atoms with van der Waals surface area (Å²) in [5.74, 6) is 0.0211. The van der Waals surface area contributed by atoms with Gasteiger partial charge in [-0.3, -0.25) is 14.5 Å². The maximum atomic E-state index is 12.5. The first kappa shape index (κ1) is 17.6. The Hall–Kier alpha value is -1.22. The zero-order chi connectivity index (χ0) is 17.1. The predicted molar refractivity (Wildman–Crippen MR) is 102 cm³/mol. The third-order valence-corrected chi connectivity index (χ3v) is 6.41. The summed E-state index contributed by atoms with van der Waals surface area (Å²) in [6, 6.07) is 3.92. The number of carbonyl (C=O) groups excluding carboxylic acids is 2. The molecular weight excluding hydrogens is 362 g/mol. The van der Waals surface area contributed by atoms with E-state index in [2.05, 4.69) is 7.05 Å². The van der Waals surface area contributed by atoms with Crippen molar-refractivity contribution in [2.75, 3.05) is 39.8 Å². The van der Waals surface area contributed by atoms with Crippen LogP contribution in [0.25, 0.3) is 6.08 Å². The fourth-order valence-electron chi connectivity index (χ4n) is 2.70. The van der Waals surface area contributed by atoms with Crippen LogP contribution in [0.2, 0.25) is 0 Å². The molecule has 8 heteroatoms. The third kappa shape index (κ3) is 4.05. The Labute approximate surface area is 155 Å². The van der Waals surface area contributed by atoms with Gasteiger partial charge in [-0.1, -0.05) is 30.0 Å². The largest absolute Gasteiger partial charge is 0.334 e. The Bertz CT molecular complexity index is 664. The summed E-state index contributed by atoms with van der Waals surface area (Å²) in [5, 5.41) is 1.98. The van der Waals surface area contributed by atoms with Crippen LogP contribution in [0.5, 0.6) is 0 Å². The van der Waals surface area contributed by atoms with Crippen molar-refractivity contribution >= 4 is 57.5 Å². The van der Waals surface area contributed by atoms with Gasteiger partial charge in [-0.15, -0.1) is 11.3 Å². The molecule has 2 aliphatic heterocycles. The van der Waals surface area contributed by atoms with Crippen molar-refractivity contribution < 1.29 is 14.5 Å². The molecule has 24 heavy (non-hydrogen) atoms. The van der Waals surface area contributed by atoms with E-state index in [9.17, 15) is 9.59 Å². The Morgan fingerprint density at radius 2 is 2.17 bits per heavy atom. The van der Waals surface area contributed by atoms with Crippen molar-refractivity contribution in [1.29, 1.82) is 0 Å². The van der Waals surface area contributed by atoms with Crippen LogP contribution < -0.4 is 4.90 Å². The fourth-order valence-corrected chi connectivity index (χ4v) is 4.73. The molecule has 0 radical (unpaired) electrons. The lowest BCUT2D eigenvalue weighted by molar-refractivity contribution is -0.883. The number of thiophene rings is 1. The average molecular weight is 383 g/mol. The minimum absolute atomic E-state index is 0.0889.